The van der Waals surface area contributed by atoms with Crippen molar-refractivity contribution in [1.29, 1.82) is 0 Å². The summed E-state index contributed by atoms with van der Waals surface area (Å²) in [5.74, 6) is 1.30. The first-order valence-electron chi connectivity index (χ1n) is 7.99. The fourth-order valence-corrected chi connectivity index (χ4v) is 3.06. The molecule has 0 radical (unpaired) electrons. The van der Waals surface area contributed by atoms with E-state index in [2.05, 4.69) is 15.3 Å². The molecule has 0 atom stereocenters. The predicted octanol–water partition coefficient (Wildman–Crippen LogP) is 4.49. The number of aromatic nitrogens is 3. The lowest BCUT2D eigenvalue weighted by Gasteiger charge is -2.12. The van der Waals surface area contributed by atoms with Gasteiger partial charge in [0.1, 0.15) is 22.2 Å². The molecule has 130 valence electrons. The van der Waals surface area contributed by atoms with Crippen molar-refractivity contribution in [3.05, 3.63) is 66.1 Å². The summed E-state index contributed by atoms with van der Waals surface area (Å²) in [4.78, 5) is 8.63. The maximum Gasteiger partial charge on any atom is 0.166 e. The topological polar surface area (TPSA) is 78.0 Å². The molecule has 3 aromatic heterocycles. The van der Waals surface area contributed by atoms with Crippen molar-refractivity contribution in [2.75, 3.05) is 18.1 Å². The van der Waals surface area contributed by atoms with E-state index in [1.165, 1.54) is 6.20 Å². The van der Waals surface area contributed by atoms with E-state index < -0.39 is 0 Å². The average molecular weight is 366 g/mol. The minimum absolute atomic E-state index is 0.318. The number of ether oxygens (including phenoxy) is 1. The fraction of sp³-hybridized carbons (Fsp3) is 0.0526. The molecule has 6 nitrogen and oxygen atoms in total. The number of pyridine rings is 2. The minimum atomic E-state index is 0.318. The zero-order chi connectivity index (χ0) is 18.1. The molecule has 1 aromatic carbocycles. The van der Waals surface area contributed by atoms with Gasteiger partial charge in [0.15, 0.2) is 5.75 Å². The van der Waals surface area contributed by atoms with Crippen LogP contribution in [0.4, 0.5) is 11.5 Å². The highest BCUT2D eigenvalue weighted by Gasteiger charge is 2.13. The molecule has 0 fully saturated rings. The van der Waals surface area contributed by atoms with E-state index in [1.807, 2.05) is 53.2 Å². The van der Waals surface area contributed by atoms with Crippen LogP contribution < -0.4 is 15.8 Å². The number of hydrogen-bond donors (Lipinski definition) is 2. The molecule has 0 saturated carbocycles. The van der Waals surface area contributed by atoms with Gasteiger partial charge in [-0.05, 0) is 24.3 Å². The summed E-state index contributed by atoms with van der Waals surface area (Å²) < 4.78 is 7.89. The van der Waals surface area contributed by atoms with Gasteiger partial charge in [0.25, 0.3) is 0 Å². The van der Waals surface area contributed by atoms with Crippen LogP contribution >= 0.6 is 11.6 Å². The maximum atomic E-state index is 6.33. The molecule has 0 bridgehead atoms. The molecule has 0 amide bonds. The van der Waals surface area contributed by atoms with Gasteiger partial charge in [-0.25, -0.2) is 9.97 Å². The second-order valence-corrected chi connectivity index (χ2v) is 6.03. The number of anilines is 2. The Bertz CT molecular complexity index is 1080. The predicted molar refractivity (Wildman–Crippen MR) is 104 cm³/mol. The number of benzene rings is 1. The number of para-hydroxylation sites is 1. The number of rotatable bonds is 4. The molecule has 0 spiro atoms. The van der Waals surface area contributed by atoms with Crippen LogP contribution in [0, 0.1) is 0 Å². The average Bonchev–Trinajstić information content (AvgIpc) is 3.08. The molecular formula is C19H16ClN5O. The Kier molecular flexibility index (Phi) is 4.10. The van der Waals surface area contributed by atoms with Crippen LogP contribution in [-0.2, 0) is 0 Å². The smallest absolute Gasteiger partial charge is 0.166 e. The maximum absolute atomic E-state index is 6.33. The lowest BCUT2D eigenvalue weighted by Crippen LogP contribution is -2.00. The second-order valence-electron chi connectivity index (χ2n) is 5.65. The normalized spacial score (nSPS) is 10.8. The van der Waals surface area contributed by atoms with E-state index in [1.54, 1.807) is 13.2 Å². The van der Waals surface area contributed by atoms with Crippen LogP contribution in [0.25, 0.3) is 16.7 Å². The van der Waals surface area contributed by atoms with Gasteiger partial charge in [-0.15, -0.1) is 0 Å². The molecule has 0 aliphatic heterocycles. The van der Waals surface area contributed by atoms with Gasteiger partial charge >= 0.3 is 0 Å². The van der Waals surface area contributed by atoms with Gasteiger partial charge in [-0.1, -0.05) is 29.8 Å². The van der Waals surface area contributed by atoms with Crippen molar-refractivity contribution in [3.63, 3.8) is 0 Å². The second kappa shape index (κ2) is 6.57. The Morgan fingerprint density at radius 3 is 2.69 bits per heavy atom. The third-order valence-electron chi connectivity index (χ3n) is 4.03. The van der Waals surface area contributed by atoms with Gasteiger partial charge in [-0.3, -0.25) is 0 Å². The van der Waals surface area contributed by atoms with Gasteiger partial charge < -0.3 is 20.4 Å². The summed E-state index contributed by atoms with van der Waals surface area (Å²) in [6.07, 6.45) is 5.14. The molecule has 7 heteroatoms. The molecule has 0 saturated heterocycles. The first kappa shape index (κ1) is 16.2. The van der Waals surface area contributed by atoms with Crippen molar-refractivity contribution >= 4 is 34.1 Å². The zero-order valence-corrected chi connectivity index (χ0v) is 14.7. The number of nitrogens with zero attached hydrogens (tertiary/aromatic N) is 3. The number of nitrogen functional groups attached to an aromatic ring is 1. The van der Waals surface area contributed by atoms with Crippen LogP contribution in [0.5, 0.6) is 11.5 Å². The lowest BCUT2D eigenvalue weighted by atomic mass is 10.3. The number of fused-ring (bicyclic) bond motifs is 1. The molecule has 3 N–H and O–H groups in total. The van der Waals surface area contributed by atoms with E-state index in [0.717, 1.165) is 16.7 Å². The summed E-state index contributed by atoms with van der Waals surface area (Å²) >= 11 is 6.33. The molecule has 4 aromatic rings. The van der Waals surface area contributed by atoms with Crippen LogP contribution in [0.15, 0.2) is 61.1 Å². The van der Waals surface area contributed by atoms with Gasteiger partial charge in [0.2, 0.25) is 0 Å². The molecular weight excluding hydrogens is 350 g/mol. The van der Waals surface area contributed by atoms with E-state index in [4.69, 9.17) is 22.1 Å². The van der Waals surface area contributed by atoms with Gasteiger partial charge in [-0.2, -0.15) is 0 Å². The number of halogens is 1. The monoisotopic (exact) mass is 365 g/mol. The quantitative estimate of drug-likeness (QED) is 0.557. The molecule has 26 heavy (non-hydrogen) atoms. The lowest BCUT2D eigenvalue weighted by molar-refractivity contribution is 0.479. The minimum Gasteiger partial charge on any atom is -0.452 e. The summed E-state index contributed by atoms with van der Waals surface area (Å²) in [6, 6.07) is 13.9. The third-order valence-corrected chi connectivity index (χ3v) is 4.40. The summed E-state index contributed by atoms with van der Waals surface area (Å²) in [5.41, 5.74) is 8.23. The van der Waals surface area contributed by atoms with E-state index in [-0.39, 0.29) is 0 Å². The van der Waals surface area contributed by atoms with Crippen molar-refractivity contribution in [2.45, 2.75) is 0 Å². The van der Waals surface area contributed by atoms with Crippen molar-refractivity contribution in [3.8, 4) is 17.2 Å². The Morgan fingerprint density at radius 2 is 1.92 bits per heavy atom. The zero-order valence-electron chi connectivity index (χ0n) is 14.0. The molecule has 4 rings (SSSR count). The highest BCUT2D eigenvalue weighted by molar-refractivity contribution is 6.35. The van der Waals surface area contributed by atoms with Gasteiger partial charge in [0.05, 0.1) is 18.1 Å². The SMILES string of the molecule is CNc1c(N)ncc(Oc2cnc3c(ccn3-c3ccccc3)c2)c1Cl. The Morgan fingerprint density at radius 1 is 1.12 bits per heavy atom. The van der Waals surface area contributed by atoms with Crippen LogP contribution in [0.2, 0.25) is 5.02 Å². The van der Waals surface area contributed by atoms with Crippen molar-refractivity contribution in [1.82, 2.24) is 14.5 Å². The number of nitrogens with one attached hydrogen (secondary N) is 1. The Labute approximate surface area is 155 Å². The highest BCUT2D eigenvalue weighted by Crippen LogP contribution is 2.37. The van der Waals surface area contributed by atoms with E-state index in [0.29, 0.717) is 28.0 Å². The number of hydrogen-bond acceptors (Lipinski definition) is 5. The highest BCUT2D eigenvalue weighted by atomic mass is 35.5. The first-order chi connectivity index (χ1) is 12.7. The van der Waals surface area contributed by atoms with E-state index in [9.17, 15) is 0 Å². The van der Waals surface area contributed by atoms with E-state index >= 15 is 0 Å². The summed E-state index contributed by atoms with van der Waals surface area (Å²) in [5, 5.41) is 4.26. The van der Waals surface area contributed by atoms with Crippen LogP contribution in [-0.4, -0.2) is 21.6 Å². The summed E-state index contributed by atoms with van der Waals surface area (Å²) in [7, 11) is 1.73. The molecule has 0 aliphatic rings. The van der Waals surface area contributed by atoms with Crippen LogP contribution in [0.1, 0.15) is 0 Å². The largest absolute Gasteiger partial charge is 0.452 e. The van der Waals surface area contributed by atoms with Crippen LogP contribution in [0.3, 0.4) is 0 Å². The fourth-order valence-electron chi connectivity index (χ4n) is 2.78. The molecule has 3 heterocycles. The summed E-state index contributed by atoms with van der Waals surface area (Å²) in [6.45, 7) is 0. The first-order valence-corrected chi connectivity index (χ1v) is 8.37. The molecule has 0 unspecified atom stereocenters. The Hall–Kier alpha value is -3.25. The molecule has 0 aliphatic carbocycles. The Balaban J connectivity index is 1.69. The standard InChI is InChI=1S/C19H16ClN5O/c1-22-17-16(20)15(11-23-18(17)21)26-14-9-12-7-8-25(19(12)24-10-14)13-5-3-2-4-6-13/h2-11,22H,1H3,(H2,21,23). The van der Waals surface area contributed by atoms with Gasteiger partial charge in [0, 0.05) is 24.3 Å². The third kappa shape index (κ3) is 2.80. The number of nitrogens with two attached hydrogens (primary N) is 1. The van der Waals surface area contributed by atoms with Crippen molar-refractivity contribution < 1.29 is 4.74 Å². The van der Waals surface area contributed by atoms with Crippen molar-refractivity contribution in [2.24, 2.45) is 0 Å².